The minimum atomic E-state index is -3.47. The molecular weight excluding hydrogens is 276 g/mol. The van der Waals surface area contributed by atoms with Crippen LogP contribution in [-0.4, -0.2) is 28.7 Å². The molecule has 5 nitrogen and oxygen atoms in total. The van der Waals surface area contributed by atoms with Crippen molar-refractivity contribution in [2.45, 2.75) is 49.4 Å². The Bertz CT molecular complexity index is 752. The van der Waals surface area contributed by atoms with E-state index in [0.29, 0.717) is 11.4 Å². The first kappa shape index (κ1) is 13.4. The molecule has 0 amide bonds. The summed E-state index contributed by atoms with van der Waals surface area (Å²) in [5, 5.41) is 0. The van der Waals surface area contributed by atoms with Gasteiger partial charge in [-0.2, -0.15) is 0 Å². The quantitative estimate of drug-likeness (QED) is 0.872. The van der Waals surface area contributed by atoms with E-state index in [4.69, 9.17) is 4.74 Å². The van der Waals surface area contributed by atoms with Crippen molar-refractivity contribution in [3.63, 3.8) is 0 Å². The fourth-order valence-corrected chi connectivity index (χ4v) is 3.20. The number of sulfone groups is 1. The third-order valence-corrected chi connectivity index (χ3v) is 5.87. The van der Waals surface area contributed by atoms with Crippen molar-refractivity contribution in [1.82, 2.24) is 9.38 Å². The lowest BCUT2D eigenvalue weighted by Crippen LogP contribution is -2.28. The zero-order valence-corrected chi connectivity index (χ0v) is 12.6. The summed E-state index contributed by atoms with van der Waals surface area (Å²) < 4.78 is 32.1. The van der Waals surface area contributed by atoms with Gasteiger partial charge in [0.2, 0.25) is 0 Å². The highest BCUT2D eigenvalue weighted by atomic mass is 32.2. The second kappa shape index (κ2) is 4.22. The van der Waals surface area contributed by atoms with Gasteiger partial charge in [-0.1, -0.05) is 0 Å². The van der Waals surface area contributed by atoms with Crippen LogP contribution in [0.3, 0.4) is 0 Å². The van der Waals surface area contributed by atoms with E-state index in [1.54, 1.807) is 49.8 Å². The number of fused-ring (bicyclic) bond motifs is 1. The van der Waals surface area contributed by atoms with Crippen molar-refractivity contribution in [3.8, 4) is 5.75 Å². The molecule has 0 N–H and O–H groups in total. The molecule has 0 bridgehead atoms. The van der Waals surface area contributed by atoms with Gasteiger partial charge in [-0.05, 0) is 33.6 Å². The molecule has 0 unspecified atom stereocenters. The van der Waals surface area contributed by atoms with Crippen LogP contribution in [-0.2, 0) is 9.84 Å². The van der Waals surface area contributed by atoms with E-state index in [9.17, 15) is 8.42 Å². The summed E-state index contributed by atoms with van der Waals surface area (Å²) in [6, 6.07) is 1.71. The normalized spacial score (nSPS) is 16.6. The predicted molar refractivity (Wildman–Crippen MR) is 75.8 cm³/mol. The molecule has 0 aliphatic heterocycles. The summed E-state index contributed by atoms with van der Waals surface area (Å²) in [4.78, 5) is 4.42. The van der Waals surface area contributed by atoms with Crippen LogP contribution in [0.2, 0.25) is 0 Å². The van der Waals surface area contributed by atoms with Gasteiger partial charge in [-0.15, -0.1) is 0 Å². The molecule has 1 fully saturated rings. The summed E-state index contributed by atoms with van der Waals surface area (Å²) in [5.41, 5.74) is 0.688. The Labute approximate surface area is 118 Å². The average Bonchev–Trinajstić information content (AvgIpc) is 3.03. The highest BCUT2D eigenvalue weighted by Crippen LogP contribution is 2.36. The summed E-state index contributed by atoms with van der Waals surface area (Å²) in [5.74, 6) is 0.418. The van der Waals surface area contributed by atoms with Crippen LogP contribution < -0.4 is 4.74 Å². The molecular formula is C14H18N2O3S. The van der Waals surface area contributed by atoms with Crippen LogP contribution in [0.25, 0.3) is 5.65 Å². The maximum atomic E-state index is 12.7. The number of nitrogens with zero attached hydrogens (tertiary/aromatic N) is 2. The van der Waals surface area contributed by atoms with Crippen LogP contribution >= 0.6 is 0 Å². The van der Waals surface area contributed by atoms with Crippen molar-refractivity contribution in [3.05, 3.63) is 24.7 Å². The molecule has 108 valence electrons. The molecule has 0 atom stereocenters. The highest BCUT2D eigenvalue weighted by molar-refractivity contribution is 7.92. The molecule has 3 rings (SSSR count). The zero-order chi connectivity index (χ0) is 14.5. The number of ether oxygens (including phenoxy) is 1. The fourth-order valence-electron chi connectivity index (χ4n) is 1.91. The average molecular weight is 294 g/mol. The SMILES string of the molecule is CC(C)(C)S(=O)(=O)c1cn2ccnc2cc1OC1CC1. The van der Waals surface area contributed by atoms with Crippen molar-refractivity contribution < 1.29 is 13.2 Å². The van der Waals surface area contributed by atoms with Crippen LogP contribution in [0, 0.1) is 0 Å². The van der Waals surface area contributed by atoms with Gasteiger partial charge in [0.1, 0.15) is 16.3 Å². The zero-order valence-electron chi connectivity index (χ0n) is 11.8. The van der Waals surface area contributed by atoms with Gasteiger partial charge in [0, 0.05) is 24.7 Å². The summed E-state index contributed by atoms with van der Waals surface area (Å²) >= 11 is 0. The Morgan fingerprint density at radius 1 is 1.35 bits per heavy atom. The Morgan fingerprint density at radius 3 is 2.65 bits per heavy atom. The smallest absolute Gasteiger partial charge is 0.188 e. The maximum absolute atomic E-state index is 12.7. The largest absolute Gasteiger partial charge is 0.489 e. The molecule has 2 aromatic heterocycles. The topological polar surface area (TPSA) is 60.7 Å². The summed E-state index contributed by atoms with van der Waals surface area (Å²) in [6.07, 6.45) is 7.08. The van der Waals surface area contributed by atoms with E-state index in [-0.39, 0.29) is 11.0 Å². The standard InChI is InChI=1S/C14H18N2O3S/c1-14(2,3)20(17,18)12-9-16-7-6-15-13(16)8-11(12)19-10-4-5-10/h6-10H,4-5H2,1-3H3. The van der Waals surface area contributed by atoms with Crippen LogP contribution in [0.4, 0.5) is 0 Å². The second-order valence-corrected chi connectivity index (χ2v) is 8.80. The second-order valence-electron chi connectivity index (χ2n) is 6.13. The predicted octanol–water partition coefficient (Wildman–Crippen LogP) is 2.45. The van der Waals surface area contributed by atoms with E-state index in [1.807, 2.05) is 0 Å². The summed E-state index contributed by atoms with van der Waals surface area (Å²) in [7, 11) is -3.47. The van der Waals surface area contributed by atoms with Crippen molar-refractivity contribution >= 4 is 15.5 Å². The van der Waals surface area contributed by atoms with Crippen molar-refractivity contribution in [1.29, 1.82) is 0 Å². The van der Waals surface area contributed by atoms with Gasteiger partial charge in [0.15, 0.2) is 9.84 Å². The van der Waals surface area contributed by atoms with Crippen LogP contribution in [0.5, 0.6) is 5.75 Å². The number of aromatic nitrogens is 2. The third kappa shape index (κ3) is 2.18. The van der Waals surface area contributed by atoms with E-state index in [0.717, 1.165) is 12.8 Å². The molecule has 2 aromatic rings. The molecule has 0 radical (unpaired) electrons. The van der Waals surface area contributed by atoms with Gasteiger partial charge in [0.25, 0.3) is 0 Å². The molecule has 1 saturated carbocycles. The van der Waals surface area contributed by atoms with Crippen molar-refractivity contribution in [2.24, 2.45) is 0 Å². The van der Waals surface area contributed by atoms with E-state index in [2.05, 4.69) is 4.98 Å². The van der Waals surface area contributed by atoms with Crippen LogP contribution in [0.1, 0.15) is 33.6 Å². The van der Waals surface area contributed by atoms with E-state index >= 15 is 0 Å². The van der Waals surface area contributed by atoms with E-state index in [1.165, 1.54) is 0 Å². The number of pyridine rings is 1. The molecule has 6 heteroatoms. The monoisotopic (exact) mass is 294 g/mol. The van der Waals surface area contributed by atoms with E-state index < -0.39 is 14.6 Å². The molecule has 0 saturated heterocycles. The van der Waals surface area contributed by atoms with Crippen LogP contribution in [0.15, 0.2) is 29.6 Å². The highest BCUT2D eigenvalue weighted by Gasteiger charge is 2.35. The molecule has 20 heavy (non-hydrogen) atoms. The lowest BCUT2D eigenvalue weighted by molar-refractivity contribution is 0.294. The molecule has 1 aliphatic carbocycles. The Morgan fingerprint density at radius 2 is 2.05 bits per heavy atom. The minimum absolute atomic E-state index is 0.140. The number of hydrogen-bond acceptors (Lipinski definition) is 4. The first-order valence-corrected chi connectivity index (χ1v) is 8.15. The number of hydrogen-bond donors (Lipinski definition) is 0. The number of rotatable bonds is 3. The van der Waals surface area contributed by atoms with Gasteiger partial charge < -0.3 is 9.14 Å². The Kier molecular flexibility index (Phi) is 2.83. The Hall–Kier alpha value is -1.56. The molecule has 0 aromatic carbocycles. The van der Waals surface area contributed by atoms with Gasteiger partial charge >= 0.3 is 0 Å². The van der Waals surface area contributed by atoms with Gasteiger partial charge in [0.05, 0.1) is 10.9 Å². The lowest BCUT2D eigenvalue weighted by Gasteiger charge is -2.21. The molecule has 1 aliphatic rings. The van der Waals surface area contributed by atoms with Gasteiger partial charge in [-0.3, -0.25) is 0 Å². The third-order valence-electron chi connectivity index (χ3n) is 3.37. The fraction of sp³-hybridized carbons (Fsp3) is 0.500. The first-order valence-electron chi connectivity index (χ1n) is 6.67. The first-order chi connectivity index (χ1) is 9.29. The van der Waals surface area contributed by atoms with Gasteiger partial charge in [-0.25, -0.2) is 13.4 Å². The Balaban J connectivity index is 2.20. The minimum Gasteiger partial charge on any atom is -0.489 e. The lowest BCUT2D eigenvalue weighted by atomic mass is 10.3. The maximum Gasteiger partial charge on any atom is 0.188 e. The molecule has 2 heterocycles. The summed E-state index contributed by atoms with van der Waals surface area (Å²) in [6.45, 7) is 5.09. The van der Waals surface area contributed by atoms with Crippen molar-refractivity contribution in [2.75, 3.05) is 0 Å². The molecule has 0 spiro atoms. The number of imidazole rings is 1.